The van der Waals surface area contributed by atoms with Crippen molar-refractivity contribution in [3.8, 4) is 0 Å². The van der Waals surface area contributed by atoms with E-state index in [1.54, 1.807) is 12.3 Å². The van der Waals surface area contributed by atoms with Gasteiger partial charge in [-0.3, -0.25) is 14.9 Å². The Labute approximate surface area is 129 Å². The Morgan fingerprint density at radius 1 is 1.27 bits per heavy atom. The highest BCUT2D eigenvalue weighted by molar-refractivity contribution is 7.14. The number of hydrogen-bond acceptors (Lipinski definition) is 7. The third-order valence-electron chi connectivity index (χ3n) is 2.44. The second-order valence-electron chi connectivity index (χ2n) is 3.89. The number of hydrogen-bond donors (Lipinski definition) is 2. The van der Waals surface area contributed by atoms with Crippen molar-refractivity contribution < 1.29 is 19.1 Å². The Balaban J connectivity index is 2.08. The van der Waals surface area contributed by atoms with Crippen molar-refractivity contribution in [3.05, 3.63) is 41.3 Å². The van der Waals surface area contributed by atoms with Crippen LogP contribution in [0.4, 0.5) is 9.80 Å². The SMILES string of the molecule is CCOC(=O)NC(=O)c1ccsc1NC(=O)c1ccncn1. The molecule has 2 aromatic heterocycles. The van der Waals surface area contributed by atoms with Crippen LogP contribution in [0.1, 0.15) is 27.8 Å². The van der Waals surface area contributed by atoms with Gasteiger partial charge in [0.1, 0.15) is 17.0 Å². The van der Waals surface area contributed by atoms with Gasteiger partial charge in [0.05, 0.1) is 12.2 Å². The summed E-state index contributed by atoms with van der Waals surface area (Å²) in [5.41, 5.74) is 0.334. The summed E-state index contributed by atoms with van der Waals surface area (Å²) in [5, 5.41) is 6.57. The number of nitrogens with one attached hydrogen (secondary N) is 2. The molecule has 0 unspecified atom stereocenters. The minimum Gasteiger partial charge on any atom is -0.450 e. The molecular formula is C13H12N4O4S. The van der Waals surface area contributed by atoms with Crippen LogP contribution in [0.3, 0.4) is 0 Å². The van der Waals surface area contributed by atoms with Gasteiger partial charge in [-0.15, -0.1) is 11.3 Å². The number of carbonyl (C=O) groups is 3. The van der Waals surface area contributed by atoms with Crippen LogP contribution in [0, 0.1) is 0 Å². The number of anilines is 1. The number of thiophene rings is 1. The summed E-state index contributed by atoms with van der Waals surface area (Å²) >= 11 is 1.15. The zero-order chi connectivity index (χ0) is 15.9. The van der Waals surface area contributed by atoms with Crippen molar-refractivity contribution in [1.29, 1.82) is 0 Å². The Morgan fingerprint density at radius 2 is 2.09 bits per heavy atom. The third-order valence-corrected chi connectivity index (χ3v) is 3.27. The molecular weight excluding hydrogens is 308 g/mol. The van der Waals surface area contributed by atoms with E-state index in [1.165, 1.54) is 24.7 Å². The van der Waals surface area contributed by atoms with Crippen LogP contribution in [0.25, 0.3) is 0 Å². The fourth-order valence-corrected chi connectivity index (χ4v) is 2.28. The van der Waals surface area contributed by atoms with Crippen molar-refractivity contribution in [2.24, 2.45) is 0 Å². The first-order valence-electron chi connectivity index (χ1n) is 6.24. The van der Waals surface area contributed by atoms with Gasteiger partial charge in [-0.1, -0.05) is 0 Å². The maximum absolute atomic E-state index is 12.0. The standard InChI is InChI=1S/C13H12N4O4S/c1-2-21-13(20)17-10(18)8-4-6-22-12(8)16-11(19)9-3-5-14-7-15-9/h3-7H,2H2,1H3,(H,16,19)(H,17,18,20). The second kappa shape index (κ2) is 7.27. The largest absolute Gasteiger partial charge is 0.450 e. The molecule has 0 saturated carbocycles. The number of rotatable bonds is 4. The lowest BCUT2D eigenvalue weighted by molar-refractivity contribution is 0.0926. The lowest BCUT2D eigenvalue weighted by Gasteiger charge is -2.06. The minimum atomic E-state index is -0.841. The summed E-state index contributed by atoms with van der Waals surface area (Å²) < 4.78 is 4.63. The minimum absolute atomic E-state index is 0.153. The first-order valence-corrected chi connectivity index (χ1v) is 7.12. The number of carbonyl (C=O) groups excluding carboxylic acids is 3. The predicted octanol–water partition coefficient (Wildman–Crippen LogP) is 1.68. The summed E-state index contributed by atoms with van der Waals surface area (Å²) in [5.74, 6) is -1.13. The molecule has 0 radical (unpaired) electrons. The summed E-state index contributed by atoms with van der Waals surface area (Å²) in [6.07, 6.45) is 1.84. The lowest BCUT2D eigenvalue weighted by atomic mass is 10.3. The zero-order valence-corrected chi connectivity index (χ0v) is 12.3. The topological polar surface area (TPSA) is 110 Å². The molecule has 2 aromatic rings. The Hall–Kier alpha value is -2.81. The quantitative estimate of drug-likeness (QED) is 0.886. The van der Waals surface area contributed by atoms with Gasteiger partial charge in [0.25, 0.3) is 11.8 Å². The maximum Gasteiger partial charge on any atom is 0.414 e. The van der Waals surface area contributed by atoms with Crippen LogP contribution in [0.15, 0.2) is 30.0 Å². The number of aromatic nitrogens is 2. The first kappa shape index (κ1) is 15.6. The molecule has 0 aliphatic heterocycles. The fraction of sp³-hybridized carbons (Fsp3) is 0.154. The van der Waals surface area contributed by atoms with E-state index in [0.29, 0.717) is 5.00 Å². The van der Waals surface area contributed by atoms with Gasteiger partial charge in [-0.2, -0.15) is 0 Å². The summed E-state index contributed by atoms with van der Waals surface area (Å²) in [6, 6.07) is 2.94. The monoisotopic (exact) mass is 320 g/mol. The lowest BCUT2D eigenvalue weighted by Crippen LogP contribution is -2.31. The Bertz CT molecular complexity index is 686. The Kier molecular flexibility index (Phi) is 5.15. The highest BCUT2D eigenvalue weighted by Crippen LogP contribution is 2.23. The Morgan fingerprint density at radius 3 is 2.77 bits per heavy atom. The molecule has 0 aliphatic rings. The average molecular weight is 320 g/mol. The average Bonchev–Trinajstić information content (AvgIpc) is 2.96. The van der Waals surface area contributed by atoms with E-state index in [2.05, 4.69) is 25.3 Å². The summed E-state index contributed by atoms with van der Waals surface area (Å²) in [7, 11) is 0. The van der Waals surface area contributed by atoms with Crippen molar-refractivity contribution >= 4 is 34.2 Å². The molecule has 0 bridgehead atoms. The number of amides is 3. The summed E-state index contributed by atoms with van der Waals surface area (Å²) in [4.78, 5) is 42.7. The van der Waals surface area contributed by atoms with Crippen molar-refractivity contribution in [3.63, 3.8) is 0 Å². The van der Waals surface area contributed by atoms with Gasteiger partial charge in [-0.25, -0.2) is 14.8 Å². The predicted molar refractivity (Wildman–Crippen MR) is 78.8 cm³/mol. The molecule has 0 fully saturated rings. The second-order valence-corrected chi connectivity index (χ2v) is 4.80. The molecule has 0 atom stereocenters. The van der Waals surface area contributed by atoms with Gasteiger partial charge in [0, 0.05) is 6.20 Å². The molecule has 9 heteroatoms. The van der Waals surface area contributed by atoms with Crippen LogP contribution >= 0.6 is 11.3 Å². The van der Waals surface area contributed by atoms with Crippen LogP contribution in [-0.4, -0.2) is 34.5 Å². The maximum atomic E-state index is 12.0. The van der Waals surface area contributed by atoms with E-state index in [9.17, 15) is 14.4 Å². The number of ether oxygens (including phenoxy) is 1. The van der Waals surface area contributed by atoms with E-state index < -0.39 is 17.9 Å². The van der Waals surface area contributed by atoms with Crippen LogP contribution in [-0.2, 0) is 4.74 Å². The molecule has 22 heavy (non-hydrogen) atoms. The van der Waals surface area contributed by atoms with Gasteiger partial charge in [0.2, 0.25) is 0 Å². The molecule has 8 nitrogen and oxygen atoms in total. The molecule has 2 rings (SSSR count). The van der Waals surface area contributed by atoms with E-state index in [1.807, 2.05) is 0 Å². The highest BCUT2D eigenvalue weighted by atomic mass is 32.1. The number of alkyl carbamates (subject to hydrolysis) is 1. The molecule has 0 aliphatic carbocycles. The van der Waals surface area contributed by atoms with Crippen LogP contribution in [0.2, 0.25) is 0 Å². The van der Waals surface area contributed by atoms with E-state index in [4.69, 9.17) is 0 Å². The van der Waals surface area contributed by atoms with Gasteiger partial charge in [-0.05, 0) is 24.4 Å². The normalized spacial score (nSPS) is 9.86. The van der Waals surface area contributed by atoms with Crippen molar-refractivity contribution in [2.45, 2.75) is 6.92 Å². The van der Waals surface area contributed by atoms with Crippen molar-refractivity contribution in [1.82, 2.24) is 15.3 Å². The van der Waals surface area contributed by atoms with Gasteiger partial charge < -0.3 is 10.1 Å². The fourth-order valence-electron chi connectivity index (χ4n) is 1.50. The van der Waals surface area contributed by atoms with E-state index in [-0.39, 0.29) is 17.9 Å². The molecule has 3 amide bonds. The molecule has 2 N–H and O–H groups in total. The number of imide groups is 1. The van der Waals surface area contributed by atoms with Crippen LogP contribution in [0.5, 0.6) is 0 Å². The van der Waals surface area contributed by atoms with E-state index >= 15 is 0 Å². The number of nitrogens with zero attached hydrogens (tertiary/aromatic N) is 2. The first-order chi connectivity index (χ1) is 10.6. The smallest absolute Gasteiger partial charge is 0.414 e. The summed E-state index contributed by atoms with van der Waals surface area (Å²) in [6.45, 7) is 1.78. The van der Waals surface area contributed by atoms with Gasteiger partial charge >= 0.3 is 6.09 Å². The molecule has 0 aromatic carbocycles. The van der Waals surface area contributed by atoms with Gasteiger partial charge in [0.15, 0.2) is 0 Å². The highest BCUT2D eigenvalue weighted by Gasteiger charge is 2.18. The molecule has 0 spiro atoms. The van der Waals surface area contributed by atoms with E-state index in [0.717, 1.165) is 11.3 Å². The third kappa shape index (κ3) is 3.85. The molecule has 2 heterocycles. The molecule has 0 saturated heterocycles. The van der Waals surface area contributed by atoms with Crippen LogP contribution < -0.4 is 10.6 Å². The zero-order valence-electron chi connectivity index (χ0n) is 11.5. The molecule has 114 valence electrons. The van der Waals surface area contributed by atoms with Crippen molar-refractivity contribution in [2.75, 3.05) is 11.9 Å².